The minimum atomic E-state index is -4.41. The van der Waals surface area contributed by atoms with Crippen LogP contribution in [0.4, 0.5) is 24.8 Å². The summed E-state index contributed by atoms with van der Waals surface area (Å²) in [7, 11) is 3.08. The summed E-state index contributed by atoms with van der Waals surface area (Å²) in [5.74, 6) is 0.498. The van der Waals surface area contributed by atoms with Gasteiger partial charge in [0, 0.05) is 7.05 Å². The average Bonchev–Trinajstić information content (AvgIpc) is 3.35. The third-order valence-corrected chi connectivity index (χ3v) is 5.06. The van der Waals surface area contributed by atoms with Crippen LogP contribution in [-0.4, -0.2) is 44.9 Å². The molecule has 2 aromatic heterocycles. The number of rotatable bonds is 8. The van der Waals surface area contributed by atoms with Crippen LogP contribution in [0.5, 0.6) is 5.75 Å². The molecule has 0 saturated carbocycles. The minimum Gasteiger partial charge on any atom is -0.497 e. The van der Waals surface area contributed by atoms with Crippen molar-refractivity contribution in [3.05, 3.63) is 90.0 Å². The van der Waals surface area contributed by atoms with Gasteiger partial charge in [0.25, 0.3) is 5.91 Å². The van der Waals surface area contributed by atoms with E-state index in [1.807, 2.05) is 12.1 Å². The smallest absolute Gasteiger partial charge is 0.416 e. The van der Waals surface area contributed by atoms with Crippen LogP contribution in [0.25, 0.3) is 5.69 Å². The Hall–Kier alpha value is -4.45. The molecule has 0 unspecified atom stereocenters. The van der Waals surface area contributed by atoms with E-state index in [1.165, 1.54) is 42.5 Å². The largest absolute Gasteiger partial charge is 0.497 e. The molecule has 4 aromatic rings. The molecule has 0 atom stereocenters. The van der Waals surface area contributed by atoms with Crippen molar-refractivity contribution in [1.82, 2.24) is 24.8 Å². The van der Waals surface area contributed by atoms with Crippen LogP contribution < -0.4 is 10.1 Å². The molecule has 12 heteroatoms. The fourth-order valence-corrected chi connectivity index (χ4v) is 3.08. The Morgan fingerprint density at radius 2 is 1.75 bits per heavy atom. The Labute approximate surface area is 204 Å². The predicted octanol–water partition coefficient (Wildman–Crippen LogP) is 4.64. The van der Waals surface area contributed by atoms with Gasteiger partial charge in [0.15, 0.2) is 0 Å². The topological polar surface area (TPSA) is 94.4 Å². The molecule has 2 heterocycles. The van der Waals surface area contributed by atoms with Gasteiger partial charge in [0.1, 0.15) is 24.4 Å². The number of carbonyl (C=O) groups excluding carboxylic acids is 1. The number of amides is 1. The van der Waals surface area contributed by atoms with E-state index in [9.17, 15) is 18.0 Å². The van der Waals surface area contributed by atoms with E-state index in [0.29, 0.717) is 11.4 Å². The fraction of sp³-hybridized carbons (Fsp3) is 0.167. The second kappa shape index (κ2) is 10.4. The Morgan fingerprint density at radius 1 is 1.03 bits per heavy atom. The van der Waals surface area contributed by atoms with Gasteiger partial charge >= 0.3 is 6.18 Å². The van der Waals surface area contributed by atoms with Gasteiger partial charge in [-0.3, -0.25) is 9.63 Å². The number of pyridine rings is 1. The highest BCUT2D eigenvalue weighted by Gasteiger charge is 2.30. The summed E-state index contributed by atoms with van der Waals surface area (Å²) in [6.45, 7) is 0.194. The van der Waals surface area contributed by atoms with Gasteiger partial charge in [-0.15, -0.1) is 5.10 Å². The van der Waals surface area contributed by atoms with Crippen LogP contribution in [-0.2, 0) is 17.6 Å². The molecule has 0 aliphatic heterocycles. The maximum atomic E-state index is 12.7. The lowest BCUT2D eigenvalue weighted by Gasteiger charge is -2.16. The Bertz CT molecular complexity index is 1310. The van der Waals surface area contributed by atoms with Crippen molar-refractivity contribution in [3.63, 3.8) is 0 Å². The standard InChI is InChI=1S/C24H21F3N6O3/c1-32(36-14-16-3-10-20(35-2)11-4-16)22(34)21-12-7-18(13-28-21)30-23-29-15-33(31-23)19-8-5-17(6-9-19)24(25,26)27/h3-13,15H,14H2,1-2H3,(H,30,31). The monoisotopic (exact) mass is 498 g/mol. The van der Waals surface area contributed by atoms with Gasteiger partial charge < -0.3 is 10.1 Å². The second-order valence-corrected chi connectivity index (χ2v) is 7.54. The van der Waals surface area contributed by atoms with Crippen LogP contribution in [0.2, 0.25) is 0 Å². The molecule has 0 aliphatic rings. The molecule has 4 rings (SSSR count). The van der Waals surface area contributed by atoms with Gasteiger partial charge in [-0.1, -0.05) is 12.1 Å². The molecule has 36 heavy (non-hydrogen) atoms. The number of methoxy groups -OCH3 is 1. The van der Waals surface area contributed by atoms with E-state index >= 15 is 0 Å². The van der Waals surface area contributed by atoms with E-state index in [-0.39, 0.29) is 18.2 Å². The Balaban J connectivity index is 1.33. The van der Waals surface area contributed by atoms with Crippen LogP contribution >= 0.6 is 0 Å². The highest BCUT2D eigenvalue weighted by Crippen LogP contribution is 2.29. The summed E-state index contributed by atoms with van der Waals surface area (Å²) in [5, 5.41) is 8.23. The number of anilines is 2. The third kappa shape index (κ3) is 5.96. The SMILES string of the molecule is COc1ccc(CON(C)C(=O)c2ccc(Nc3ncn(-c4ccc(C(F)(F)F)cc4)n3)cn2)cc1. The first kappa shape index (κ1) is 24.7. The summed E-state index contributed by atoms with van der Waals surface area (Å²) in [5.41, 5.74) is 1.22. The zero-order valence-electron chi connectivity index (χ0n) is 19.2. The van der Waals surface area contributed by atoms with E-state index in [4.69, 9.17) is 9.57 Å². The Kier molecular flexibility index (Phi) is 7.15. The summed E-state index contributed by atoms with van der Waals surface area (Å²) in [4.78, 5) is 26.3. The van der Waals surface area contributed by atoms with E-state index in [2.05, 4.69) is 20.4 Å². The number of hydroxylamine groups is 2. The van der Waals surface area contributed by atoms with Crippen molar-refractivity contribution in [2.75, 3.05) is 19.5 Å². The first-order chi connectivity index (χ1) is 17.2. The first-order valence-corrected chi connectivity index (χ1v) is 10.6. The molecule has 0 fully saturated rings. The lowest BCUT2D eigenvalue weighted by Crippen LogP contribution is -2.27. The number of benzene rings is 2. The molecule has 0 aliphatic carbocycles. The van der Waals surface area contributed by atoms with E-state index in [1.54, 1.807) is 25.3 Å². The maximum absolute atomic E-state index is 12.7. The first-order valence-electron chi connectivity index (χ1n) is 10.6. The van der Waals surface area contributed by atoms with Crippen molar-refractivity contribution in [2.45, 2.75) is 12.8 Å². The molecule has 0 spiro atoms. The summed E-state index contributed by atoms with van der Waals surface area (Å²) >= 11 is 0. The van der Waals surface area contributed by atoms with Gasteiger partial charge in [0.05, 0.1) is 30.2 Å². The number of hydrogen-bond donors (Lipinski definition) is 1. The van der Waals surface area contributed by atoms with Gasteiger partial charge in [-0.2, -0.15) is 18.2 Å². The molecular weight excluding hydrogens is 477 g/mol. The van der Waals surface area contributed by atoms with Gasteiger partial charge in [-0.05, 0) is 54.1 Å². The molecule has 0 bridgehead atoms. The number of ether oxygens (including phenoxy) is 1. The zero-order valence-corrected chi connectivity index (χ0v) is 19.2. The maximum Gasteiger partial charge on any atom is 0.416 e. The zero-order chi connectivity index (χ0) is 25.7. The number of nitrogens with zero attached hydrogens (tertiary/aromatic N) is 5. The number of hydrogen-bond acceptors (Lipinski definition) is 7. The van der Waals surface area contributed by atoms with Crippen LogP contribution in [0.1, 0.15) is 21.6 Å². The van der Waals surface area contributed by atoms with Crippen LogP contribution in [0.3, 0.4) is 0 Å². The summed E-state index contributed by atoms with van der Waals surface area (Å²) in [6, 6.07) is 15.0. The van der Waals surface area contributed by atoms with Crippen LogP contribution in [0.15, 0.2) is 73.2 Å². The highest BCUT2D eigenvalue weighted by molar-refractivity contribution is 5.91. The lowest BCUT2D eigenvalue weighted by atomic mass is 10.2. The van der Waals surface area contributed by atoms with E-state index < -0.39 is 17.6 Å². The summed E-state index contributed by atoms with van der Waals surface area (Å²) < 4.78 is 44.7. The molecule has 1 amide bonds. The molecular formula is C24H21F3N6O3. The number of halogens is 3. The van der Waals surface area contributed by atoms with Crippen molar-refractivity contribution in [1.29, 1.82) is 0 Å². The molecule has 9 nitrogen and oxygen atoms in total. The molecule has 1 N–H and O–H groups in total. The second-order valence-electron chi connectivity index (χ2n) is 7.54. The van der Waals surface area contributed by atoms with Crippen molar-refractivity contribution >= 4 is 17.5 Å². The van der Waals surface area contributed by atoms with Crippen LogP contribution in [0, 0.1) is 0 Å². The molecule has 2 aromatic carbocycles. The number of carbonyl (C=O) groups is 1. The minimum absolute atomic E-state index is 0.168. The lowest BCUT2D eigenvalue weighted by molar-refractivity contribution is -0.137. The molecule has 0 radical (unpaired) electrons. The number of aromatic nitrogens is 4. The third-order valence-electron chi connectivity index (χ3n) is 5.06. The Morgan fingerprint density at radius 3 is 2.36 bits per heavy atom. The number of alkyl halides is 3. The quantitative estimate of drug-likeness (QED) is 0.354. The number of nitrogens with one attached hydrogen (secondary N) is 1. The normalized spacial score (nSPS) is 11.2. The molecule has 0 saturated heterocycles. The van der Waals surface area contributed by atoms with Crippen molar-refractivity contribution in [2.24, 2.45) is 0 Å². The fourth-order valence-electron chi connectivity index (χ4n) is 3.08. The van der Waals surface area contributed by atoms with Crippen molar-refractivity contribution < 1.29 is 27.5 Å². The van der Waals surface area contributed by atoms with E-state index in [0.717, 1.165) is 28.5 Å². The molecule has 186 valence electrons. The highest BCUT2D eigenvalue weighted by atomic mass is 19.4. The predicted molar refractivity (Wildman–Crippen MR) is 124 cm³/mol. The van der Waals surface area contributed by atoms with Gasteiger partial charge in [-0.25, -0.2) is 14.7 Å². The van der Waals surface area contributed by atoms with Crippen molar-refractivity contribution in [3.8, 4) is 11.4 Å². The average molecular weight is 498 g/mol. The van der Waals surface area contributed by atoms with Gasteiger partial charge in [0.2, 0.25) is 5.95 Å². The summed E-state index contributed by atoms with van der Waals surface area (Å²) in [6.07, 6.45) is -1.61.